The normalized spacial score (nSPS) is 10.3. The molecule has 0 heterocycles. The number of hydrogen-bond donors (Lipinski definition) is 2. The summed E-state index contributed by atoms with van der Waals surface area (Å²) in [4.78, 5) is 0. The molecule has 2 nitrogen and oxygen atoms in total. The van der Waals surface area contributed by atoms with Gasteiger partial charge in [0.05, 0.1) is 5.02 Å². The third-order valence-electron chi connectivity index (χ3n) is 1.62. The first-order valence-electron chi connectivity index (χ1n) is 3.47. The van der Waals surface area contributed by atoms with Gasteiger partial charge in [0.1, 0.15) is 5.82 Å². The summed E-state index contributed by atoms with van der Waals surface area (Å²) in [6.45, 7) is 1.79. The number of hydrogen-bond acceptors (Lipinski definition) is 2. The van der Waals surface area contributed by atoms with Gasteiger partial charge in [0, 0.05) is 6.54 Å². The topological polar surface area (TPSA) is 32.3 Å². The largest absolute Gasteiger partial charge is 0.316 e. The van der Waals surface area contributed by atoms with Crippen LogP contribution in [0.25, 0.3) is 0 Å². The van der Waals surface area contributed by atoms with Crippen molar-refractivity contribution in [3.05, 3.63) is 34.1 Å². The minimum atomic E-state index is -0.426. The van der Waals surface area contributed by atoms with Crippen LogP contribution >= 0.6 is 11.6 Å². The molecule has 0 aromatic heterocycles. The van der Waals surface area contributed by atoms with E-state index >= 15 is 0 Å². The molecule has 0 bridgehead atoms. The first-order chi connectivity index (χ1) is 5.66. The van der Waals surface area contributed by atoms with Crippen LogP contribution in [0.2, 0.25) is 5.02 Å². The highest BCUT2D eigenvalue weighted by molar-refractivity contribution is 6.31. The summed E-state index contributed by atoms with van der Waals surface area (Å²) in [7, 11) is 0. The Labute approximate surface area is 74.9 Å². The second-order valence-corrected chi connectivity index (χ2v) is 2.88. The summed E-state index contributed by atoms with van der Waals surface area (Å²) < 4.78 is 13.1. The molecule has 0 saturated heterocycles. The minimum Gasteiger partial charge on any atom is -0.316 e. The highest BCUT2D eigenvalue weighted by Gasteiger charge is 2.07. The van der Waals surface area contributed by atoms with Gasteiger partial charge in [-0.25, -0.2) is 9.87 Å². The molecule has 0 amide bonds. The molecule has 1 rings (SSSR count). The molecule has 12 heavy (non-hydrogen) atoms. The number of aryl methyl sites for hydroxylation is 1. The lowest BCUT2D eigenvalue weighted by Crippen LogP contribution is -2.07. The molecule has 0 aliphatic rings. The summed E-state index contributed by atoms with van der Waals surface area (Å²) in [6, 6.07) is 3.29. The molecule has 0 aliphatic heterocycles. The van der Waals surface area contributed by atoms with Crippen molar-refractivity contribution in [3.63, 3.8) is 0 Å². The average molecular weight is 190 g/mol. The van der Waals surface area contributed by atoms with Gasteiger partial charge in [-0.2, -0.15) is 0 Å². The number of halogens is 2. The predicted molar refractivity (Wildman–Crippen MR) is 44.8 cm³/mol. The molecule has 0 atom stereocenters. The van der Waals surface area contributed by atoms with Crippen LogP contribution < -0.4 is 5.48 Å². The smallest absolute Gasteiger partial charge is 0.145 e. The van der Waals surface area contributed by atoms with E-state index in [-0.39, 0.29) is 11.6 Å². The van der Waals surface area contributed by atoms with Gasteiger partial charge in [-0.15, -0.1) is 0 Å². The molecule has 1 aromatic rings. The zero-order valence-corrected chi connectivity index (χ0v) is 7.32. The van der Waals surface area contributed by atoms with E-state index in [4.69, 9.17) is 16.8 Å². The van der Waals surface area contributed by atoms with Gasteiger partial charge >= 0.3 is 0 Å². The van der Waals surface area contributed by atoms with Gasteiger partial charge in [-0.3, -0.25) is 0 Å². The van der Waals surface area contributed by atoms with Crippen LogP contribution in [-0.4, -0.2) is 5.21 Å². The molecule has 0 spiro atoms. The zero-order valence-electron chi connectivity index (χ0n) is 6.56. The van der Waals surface area contributed by atoms with Crippen molar-refractivity contribution in [2.75, 3.05) is 0 Å². The Morgan fingerprint density at radius 3 is 2.83 bits per heavy atom. The van der Waals surface area contributed by atoms with Crippen molar-refractivity contribution in [2.45, 2.75) is 13.5 Å². The van der Waals surface area contributed by atoms with Crippen molar-refractivity contribution in [3.8, 4) is 0 Å². The minimum absolute atomic E-state index is 0.0663. The maximum Gasteiger partial charge on any atom is 0.145 e. The molecular weight excluding hydrogens is 181 g/mol. The van der Waals surface area contributed by atoms with Gasteiger partial charge in [0.25, 0.3) is 0 Å². The molecule has 0 fully saturated rings. The second kappa shape index (κ2) is 3.85. The van der Waals surface area contributed by atoms with Gasteiger partial charge in [-0.05, 0) is 18.1 Å². The Kier molecular flexibility index (Phi) is 3.03. The highest BCUT2D eigenvalue weighted by Crippen LogP contribution is 2.22. The van der Waals surface area contributed by atoms with Gasteiger partial charge in [0.15, 0.2) is 0 Å². The molecule has 2 N–H and O–H groups in total. The molecule has 0 unspecified atom stereocenters. The maximum absolute atomic E-state index is 13.1. The fraction of sp³-hybridized carbons (Fsp3) is 0.250. The van der Waals surface area contributed by atoms with E-state index in [1.54, 1.807) is 19.1 Å². The molecule has 1 aromatic carbocycles. The van der Waals surface area contributed by atoms with E-state index in [1.165, 1.54) is 0 Å². The summed E-state index contributed by atoms with van der Waals surface area (Å²) in [5, 5.41) is 8.44. The van der Waals surface area contributed by atoms with E-state index in [1.807, 2.05) is 5.48 Å². The van der Waals surface area contributed by atoms with E-state index < -0.39 is 5.82 Å². The van der Waals surface area contributed by atoms with Crippen LogP contribution in [0.4, 0.5) is 4.39 Å². The molecule has 0 saturated carbocycles. The first kappa shape index (κ1) is 9.45. The zero-order chi connectivity index (χ0) is 9.14. The van der Waals surface area contributed by atoms with Crippen molar-refractivity contribution in [2.24, 2.45) is 0 Å². The van der Waals surface area contributed by atoms with Gasteiger partial charge in [-0.1, -0.05) is 23.7 Å². The van der Waals surface area contributed by atoms with Crippen LogP contribution in [0.3, 0.4) is 0 Å². The lowest BCUT2D eigenvalue weighted by molar-refractivity contribution is 0.161. The van der Waals surface area contributed by atoms with Crippen molar-refractivity contribution in [1.82, 2.24) is 5.48 Å². The fourth-order valence-corrected chi connectivity index (χ4v) is 1.19. The Morgan fingerprint density at radius 1 is 1.58 bits per heavy atom. The van der Waals surface area contributed by atoms with Crippen molar-refractivity contribution < 1.29 is 9.60 Å². The van der Waals surface area contributed by atoms with Crippen LogP contribution in [0.5, 0.6) is 0 Å². The summed E-state index contributed by atoms with van der Waals surface area (Å²) >= 11 is 5.65. The van der Waals surface area contributed by atoms with E-state index in [0.29, 0.717) is 11.1 Å². The van der Waals surface area contributed by atoms with Gasteiger partial charge in [0.2, 0.25) is 0 Å². The standard InChI is InChI=1S/C8H9ClFNO/c1-5-2-3-6(4-11-12)7(9)8(5)10/h2-3,11-12H,4H2,1H3. The lowest BCUT2D eigenvalue weighted by atomic mass is 10.1. The lowest BCUT2D eigenvalue weighted by Gasteiger charge is -2.05. The van der Waals surface area contributed by atoms with Crippen molar-refractivity contribution >= 4 is 11.6 Å². The second-order valence-electron chi connectivity index (χ2n) is 2.50. The third-order valence-corrected chi connectivity index (χ3v) is 2.03. The quantitative estimate of drug-likeness (QED) is 0.700. The summed E-state index contributed by atoms with van der Waals surface area (Å²) in [6.07, 6.45) is 0. The molecular formula is C8H9ClFNO. The van der Waals surface area contributed by atoms with Crippen LogP contribution in [0.15, 0.2) is 12.1 Å². The van der Waals surface area contributed by atoms with E-state index in [9.17, 15) is 4.39 Å². The number of rotatable bonds is 2. The average Bonchev–Trinajstić information content (AvgIpc) is 2.07. The van der Waals surface area contributed by atoms with Crippen LogP contribution in [0, 0.1) is 12.7 Å². The number of nitrogens with one attached hydrogen (secondary N) is 1. The first-order valence-corrected chi connectivity index (χ1v) is 3.85. The van der Waals surface area contributed by atoms with Crippen LogP contribution in [-0.2, 0) is 6.54 Å². The molecule has 4 heteroatoms. The Bertz CT molecular complexity index is 291. The third kappa shape index (κ3) is 1.75. The predicted octanol–water partition coefficient (Wildman–Crippen LogP) is 2.27. The summed E-state index contributed by atoms with van der Waals surface area (Å²) in [5.74, 6) is -0.426. The fourth-order valence-electron chi connectivity index (χ4n) is 0.908. The highest BCUT2D eigenvalue weighted by atomic mass is 35.5. The Morgan fingerprint density at radius 2 is 2.25 bits per heavy atom. The summed E-state index contributed by atoms with van der Waals surface area (Å²) in [5.41, 5.74) is 2.97. The van der Waals surface area contributed by atoms with Crippen LogP contribution in [0.1, 0.15) is 11.1 Å². The van der Waals surface area contributed by atoms with Crippen molar-refractivity contribution in [1.29, 1.82) is 0 Å². The van der Waals surface area contributed by atoms with E-state index in [0.717, 1.165) is 0 Å². The SMILES string of the molecule is Cc1ccc(CNO)c(Cl)c1F. The Balaban J connectivity index is 3.08. The maximum atomic E-state index is 13.1. The molecule has 66 valence electrons. The molecule has 0 radical (unpaired) electrons. The Hall–Kier alpha value is -0.640. The molecule has 0 aliphatic carbocycles. The number of benzene rings is 1. The van der Waals surface area contributed by atoms with E-state index in [2.05, 4.69) is 0 Å². The monoisotopic (exact) mass is 189 g/mol. The van der Waals surface area contributed by atoms with Gasteiger partial charge < -0.3 is 5.21 Å². The number of hydroxylamine groups is 1.